The molecule has 2 heterocycles. The van der Waals surface area contributed by atoms with Gasteiger partial charge in [-0.1, -0.05) is 6.92 Å². The summed E-state index contributed by atoms with van der Waals surface area (Å²) >= 11 is 1.78. The fourth-order valence-electron chi connectivity index (χ4n) is 5.30. The Labute approximate surface area is 172 Å². The number of aliphatic hydroxyl groups excluding tert-OH is 1. The van der Waals surface area contributed by atoms with Crippen molar-refractivity contribution in [2.45, 2.75) is 88.9 Å². The molecule has 0 saturated heterocycles. The molecule has 0 bridgehead atoms. The predicted octanol–water partition coefficient (Wildman–Crippen LogP) is 4.52. The van der Waals surface area contributed by atoms with Crippen molar-refractivity contribution >= 4 is 21.6 Å². The lowest BCUT2D eigenvalue weighted by Crippen LogP contribution is -2.48. The fraction of sp³-hybridized carbons (Fsp3) is 0.727. The van der Waals surface area contributed by atoms with Crippen molar-refractivity contribution in [3.8, 4) is 5.88 Å². The van der Waals surface area contributed by atoms with Crippen LogP contribution in [-0.4, -0.2) is 51.8 Å². The van der Waals surface area contributed by atoms with E-state index < -0.39 is 0 Å². The number of thiophene rings is 1. The van der Waals surface area contributed by atoms with Gasteiger partial charge in [0.15, 0.2) is 0 Å². The van der Waals surface area contributed by atoms with Crippen molar-refractivity contribution in [3.63, 3.8) is 0 Å². The molecule has 0 unspecified atom stereocenters. The summed E-state index contributed by atoms with van der Waals surface area (Å²) in [6.45, 7) is 4.18. The topological polar surface area (TPSA) is 58.5 Å². The highest BCUT2D eigenvalue weighted by atomic mass is 32.1. The lowest BCUT2D eigenvalue weighted by Gasteiger charge is -2.44. The molecule has 2 aliphatic carbocycles. The van der Waals surface area contributed by atoms with Crippen LogP contribution in [0.5, 0.6) is 5.88 Å². The maximum atomic E-state index is 9.93. The van der Waals surface area contributed by atoms with Crippen LogP contribution in [0.1, 0.15) is 75.2 Å². The molecule has 0 spiro atoms. The highest BCUT2D eigenvalue weighted by Gasteiger charge is 2.37. The zero-order valence-electron chi connectivity index (χ0n) is 17.6. The molecule has 1 N–H and O–H groups in total. The van der Waals surface area contributed by atoms with Gasteiger partial charge in [0.05, 0.1) is 11.5 Å². The number of aryl methyl sites for hydroxylation is 1. The van der Waals surface area contributed by atoms with E-state index in [4.69, 9.17) is 4.74 Å². The lowest BCUT2D eigenvalue weighted by atomic mass is 9.77. The van der Waals surface area contributed by atoms with Crippen LogP contribution in [0.15, 0.2) is 6.33 Å². The van der Waals surface area contributed by atoms with Gasteiger partial charge in [-0.3, -0.25) is 0 Å². The second kappa shape index (κ2) is 7.88. The van der Waals surface area contributed by atoms with Crippen LogP contribution in [0, 0.1) is 0 Å². The highest BCUT2D eigenvalue weighted by molar-refractivity contribution is 7.19. The van der Waals surface area contributed by atoms with E-state index in [0.29, 0.717) is 11.5 Å². The van der Waals surface area contributed by atoms with Gasteiger partial charge in [-0.05, 0) is 83.9 Å². The summed E-state index contributed by atoms with van der Waals surface area (Å²) in [7, 11) is 4.41. The molecule has 6 heteroatoms. The summed E-state index contributed by atoms with van der Waals surface area (Å²) in [6, 6.07) is 0. The van der Waals surface area contributed by atoms with Gasteiger partial charge in [0.25, 0.3) is 0 Å². The molecule has 0 aliphatic heterocycles. The van der Waals surface area contributed by atoms with E-state index >= 15 is 0 Å². The molecule has 4 rings (SSSR count). The Kier molecular flexibility index (Phi) is 5.64. The summed E-state index contributed by atoms with van der Waals surface area (Å²) in [6.07, 6.45) is 10.2. The van der Waals surface area contributed by atoms with Crippen LogP contribution in [0.2, 0.25) is 0 Å². The second-order valence-corrected chi connectivity index (χ2v) is 9.99. The minimum atomic E-state index is -0.286. The number of rotatable bonds is 6. The largest absolute Gasteiger partial charge is 0.474 e. The molecule has 0 aromatic carbocycles. The van der Waals surface area contributed by atoms with Crippen LogP contribution in [0.3, 0.4) is 0 Å². The Hall–Kier alpha value is -1.24. The summed E-state index contributed by atoms with van der Waals surface area (Å²) in [5.41, 5.74) is 1.66. The van der Waals surface area contributed by atoms with Crippen molar-refractivity contribution in [2.75, 3.05) is 14.1 Å². The van der Waals surface area contributed by atoms with Crippen molar-refractivity contribution in [3.05, 3.63) is 16.8 Å². The smallest absolute Gasteiger partial charge is 0.225 e. The van der Waals surface area contributed by atoms with Gasteiger partial charge in [0, 0.05) is 10.4 Å². The lowest BCUT2D eigenvalue weighted by molar-refractivity contribution is 0.0402. The number of fused-ring (bicyclic) bond motifs is 3. The molecule has 2 aromatic rings. The van der Waals surface area contributed by atoms with Crippen molar-refractivity contribution in [2.24, 2.45) is 0 Å². The highest BCUT2D eigenvalue weighted by Crippen LogP contribution is 2.48. The minimum absolute atomic E-state index is 0.227. The van der Waals surface area contributed by atoms with E-state index in [2.05, 4.69) is 35.9 Å². The number of hydrogen-bond acceptors (Lipinski definition) is 6. The maximum Gasteiger partial charge on any atom is 0.225 e. The number of aromatic nitrogens is 2. The van der Waals surface area contributed by atoms with Gasteiger partial charge in [0.1, 0.15) is 17.3 Å². The molecule has 28 heavy (non-hydrogen) atoms. The molecule has 1 fully saturated rings. The van der Waals surface area contributed by atoms with Crippen LogP contribution in [0.25, 0.3) is 10.2 Å². The Morgan fingerprint density at radius 2 is 2.04 bits per heavy atom. The van der Waals surface area contributed by atoms with Crippen LogP contribution >= 0.6 is 11.3 Å². The number of ether oxygens (including phenoxy) is 1. The first kappa shape index (κ1) is 20.0. The molecule has 154 valence electrons. The van der Waals surface area contributed by atoms with Gasteiger partial charge in [0.2, 0.25) is 5.88 Å². The molecule has 0 amide bonds. The number of aliphatic hydroxyl groups is 1. The van der Waals surface area contributed by atoms with Gasteiger partial charge >= 0.3 is 0 Å². The van der Waals surface area contributed by atoms with E-state index in [1.165, 1.54) is 29.7 Å². The third kappa shape index (κ3) is 3.55. The molecule has 0 radical (unpaired) electrons. The van der Waals surface area contributed by atoms with Crippen LogP contribution < -0.4 is 4.74 Å². The predicted molar refractivity (Wildman–Crippen MR) is 114 cm³/mol. The van der Waals surface area contributed by atoms with E-state index in [1.807, 2.05) is 6.92 Å². The van der Waals surface area contributed by atoms with Gasteiger partial charge in [-0.2, -0.15) is 0 Å². The SMILES string of the molecule is CC[C@]1(N(C)C)CC[C@H](Oc2ncnc3sc4c(c23)[C@@H](C[C@H](C)O)CC4)CC1. The van der Waals surface area contributed by atoms with Crippen LogP contribution in [-0.2, 0) is 6.42 Å². The molecular formula is C22H33N3O2S. The Morgan fingerprint density at radius 1 is 1.29 bits per heavy atom. The number of nitrogens with zero attached hydrogens (tertiary/aromatic N) is 3. The first-order valence-electron chi connectivity index (χ1n) is 10.7. The van der Waals surface area contributed by atoms with Gasteiger partial charge in [-0.15, -0.1) is 11.3 Å². The van der Waals surface area contributed by atoms with E-state index in [0.717, 1.165) is 48.2 Å². The quantitative estimate of drug-likeness (QED) is 0.768. The number of hydrogen-bond donors (Lipinski definition) is 1. The molecule has 2 aromatic heterocycles. The van der Waals surface area contributed by atoms with Crippen molar-refractivity contribution in [1.29, 1.82) is 0 Å². The van der Waals surface area contributed by atoms with Crippen molar-refractivity contribution < 1.29 is 9.84 Å². The monoisotopic (exact) mass is 403 g/mol. The molecular weight excluding hydrogens is 370 g/mol. The van der Waals surface area contributed by atoms with Gasteiger partial charge < -0.3 is 14.7 Å². The van der Waals surface area contributed by atoms with Crippen molar-refractivity contribution in [1.82, 2.24) is 14.9 Å². The zero-order chi connectivity index (χ0) is 19.9. The average Bonchev–Trinajstić information content (AvgIpc) is 3.22. The standard InChI is InChI=1S/C22H33N3O2S/c1-5-22(25(3)4)10-8-16(9-11-22)27-20-19-18-15(12-14(2)26)6-7-17(18)28-21(19)24-13-23-20/h13-16,26H,5-12H2,1-4H3/t14-,15+,16-,22-/m0/s1. The molecule has 2 aliphatic rings. The second-order valence-electron chi connectivity index (χ2n) is 8.91. The fourth-order valence-corrected chi connectivity index (χ4v) is 6.53. The van der Waals surface area contributed by atoms with E-state index in [9.17, 15) is 5.11 Å². The summed E-state index contributed by atoms with van der Waals surface area (Å²) in [5.74, 6) is 1.16. The van der Waals surface area contributed by atoms with Gasteiger partial charge in [-0.25, -0.2) is 9.97 Å². The Morgan fingerprint density at radius 3 is 2.68 bits per heavy atom. The molecule has 5 nitrogen and oxygen atoms in total. The molecule has 2 atom stereocenters. The summed E-state index contributed by atoms with van der Waals surface area (Å²) in [5, 5.41) is 11.0. The van der Waals surface area contributed by atoms with E-state index in [1.54, 1.807) is 17.7 Å². The third-order valence-corrected chi connectivity index (χ3v) is 8.24. The van der Waals surface area contributed by atoms with Crippen LogP contribution in [0.4, 0.5) is 0 Å². The normalized spacial score (nSPS) is 28.6. The summed E-state index contributed by atoms with van der Waals surface area (Å²) in [4.78, 5) is 13.9. The Bertz CT molecular complexity index is 825. The molecule has 1 saturated carbocycles. The first-order valence-corrected chi connectivity index (χ1v) is 11.5. The Balaban J connectivity index is 1.57. The van der Waals surface area contributed by atoms with E-state index in [-0.39, 0.29) is 12.2 Å². The minimum Gasteiger partial charge on any atom is -0.474 e. The maximum absolute atomic E-state index is 9.93. The zero-order valence-corrected chi connectivity index (χ0v) is 18.4. The average molecular weight is 404 g/mol. The summed E-state index contributed by atoms with van der Waals surface area (Å²) < 4.78 is 6.50. The first-order chi connectivity index (χ1) is 13.4. The third-order valence-electron chi connectivity index (χ3n) is 7.07.